The monoisotopic (exact) mass is 256 g/mol. The van der Waals surface area contributed by atoms with Crippen molar-refractivity contribution < 1.29 is 0 Å². The van der Waals surface area contributed by atoms with E-state index in [2.05, 4.69) is 67.6 Å². The van der Waals surface area contributed by atoms with E-state index in [1.807, 2.05) is 0 Å². The summed E-state index contributed by atoms with van der Waals surface area (Å²) >= 11 is 0. The average Bonchev–Trinajstić information content (AvgIpc) is 2.74. The molecule has 0 bridgehead atoms. The number of nitrogens with one attached hydrogen (secondary N) is 1. The number of aromatic nitrogens is 1. The first-order valence-electron chi connectivity index (χ1n) is 7.09. The highest BCUT2D eigenvalue weighted by atomic mass is 15.0. The van der Waals surface area contributed by atoms with E-state index in [4.69, 9.17) is 0 Å². The number of nitrogens with zero attached hydrogens (tertiary/aromatic N) is 1. The molecule has 0 unspecified atom stereocenters. The Morgan fingerprint density at radius 1 is 1.32 bits per heavy atom. The van der Waals surface area contributed by atoms with Gasteiger partial charge in [-0.2, -0.15) is 0 Å². The largest absolute Gasteiger partial charge is 0.339 e. The van der Waals surface area contributed by atoms with Crippen molar-refractivity contribution in [3.63, 3.8) is 0 Å². The third kappa shape index (κ3) is 3.27. The Bertz CT molecular complexity index is 564. The smallest absolute Gasteiger partial charge is 0.0485 e. The molecule has 0 spiro atoms. The van der Waals surface area contributed by atoms with Crippen molar-refractivity contribution in [1.29, 1.82) is 0 Å². The molecular formula is C17H24N2. The third-order valence-electron chi connectivity index (χ3n) is 3.47. The van der Waals surface area contributed by atoms with E-state index in [0.29, 0.717) is 6.04 Å². The highest BCUT2D eigenvalue weighted by Crippen LogP contribution is 2.21. The lowest BCUT2D eigenvalue weighted by Crippen LogP contribution is -2.23. The van der Waals surface area contributed by atoms with Crippen molar-refractivity contribution >= 4 is 10.9 Å². The normalized spacial score (nSPS) is 11.4. The van der Waals surface area contributed by atoms with Gasteiger partial charge in [0, 0.05) is 30.3 Å². The maximum atomic E-state index is 4.15. The van der Waals surface area contributed by atoms with E-state index in [9.17, 15) is 0 Å². The molecule has 0 amide bonds. The van der Waals surface area contributed by atoms with Gasteiger partial charge in [0.25, 0.3) is 0 Å². The molecule has 0 aliphatic rings. The highest BCUT2D eigenvalue weighted by molar-refractivity contribution is 5.81. The summed E-state index contributed by atoms with van der Waals surface area (Å²) in [5, 5.41) is 4.82. The lowest BCUT2D eigenvalue weighted by Gasteiger charge is -2.14. The van der Waals surface area contributed by atoms with Crippen LogP contribution in [0.2, 0.25) is 0 Å². The van der Waals surface area contributed by atoms with Gasteiger partial charge in [0.1, 0.15) is 0 Å². The molecule has 0 radical (unpaired) electrons. The Morgan fingerprint density at radius 2 is 2.05 bits per heavy atom. The first-order valence-corrected chi connectivity index (χ1v) is 7.09. The van der Waals surface area contributed by atoms with Gasteiger partial charge < -0.3 is 9.88 Å². The van der Waals surface area contributed by atoms with E-state index in [1.54, 1.807) is 0 Å². The van der Waals surface area contributed by atoms with Crippen molar-refractivity contribution in [3.05, 3.63) is 48.2 Å². The summed E-state index contributed by atoms with van der Waals surface area (Å²) in [4.78, 5) is 0. The molecule has 2 nitrogen and oxygen atoms in total. The maximum Gasteiger partial charge on any atom is 0.0485 e. The van der Waals surface area contributed by atoms with Crippen LogP contribution in [0.4, 0.5) is 0 Å². The van der Waals surface area contributed by atoms with Gasteiger partial charge >= 0.3 is 0 Å². The Balaban J connectivity index is 2.37. The predicted octanol–water partition coefficient (Wildman–Crippen LogP) is 4.11. The Labute approximate surface area is 116 Å². The average molecular weight is 256 g/mol. The van der Waals surface area contributed by atoms with Gasteiger partial charge in [-0.1, -0.05) is 51.1 Å². The van der Waals surface area contributed by atoms with Gasteiger partial charge in [-0.05, 0) is 23.9 Å². The van der Waals surface area contributed by atoms with E-state index >= 15 is 0 Å². The first-order chi connectivity index (χ1) is 9.11. The number of para-hydroxylation sites is 1. The quantitative estimate of drug-likeness (QED) is 0.770. The van der Waals surface area contributed by atoms with Crippen LogP contribution < -0.4 is 5.32 Å². The molecule has 102 valence electrons. The summed E-state index contributed by atoms with van der Waals surface area (Å²) < 4.78 is 2.39. The molecule has 0 fully saturated rings. The van der Waals surface area contributed by atoms with E-state index in [-0.39, 0.29) is 0 Å². The zero-order valence-electron chi connectivity index (χ0n) is 12.2. The minimum absolute atomic E-state index is 0.501. The van der Waals surface area contributed by atoms with Crippen LogP contribution in [0.1, 0.15) is 32.9 Å². The van der Waals surface area contributed by atoms with Gasteiger partial charge in [-0.15, -0.1) is 0 Å². The molecular weight excluding hydrogens is 232 g/mol. The lowest BCUT2D eigenvalue weighted by molar-refractivity contribution is 0.565. The van der Waals surface area contributed by atoms with Crippen molar-refractivity contribution in [2.24, 2.45) is 0 Å². The summed E-state index contributed by atoms with van der Waals surface area (Å²) in [5.74, 6) is 0. The van der Waals surface area contributed by atoms with Gasteiger partial charge in [0.15, 0.2) is 0 Å². The van der Waals surface area contributed by atoms with Crippen LogP contribution >= 0.6 is 0 Å². The molecule has 0 aliphatic carbocycles. The van der Waals surface area contributed by atoms with Crippen LogP contribution in [-0.2, 0) is 13.1 Å². The number of hydrogen-bond donors (Lipinski definition) is 1. The molecule has 0 saturated carbocycles. The first kappa shape index (κ1) is 13.9. The summed E-state index contributed by atoms with van der Waals surface area (Å²) in [7, 11) is 0. The number of fused-ring (bicyclic) bond motifs is 1. The van der Waals surface area contributed by atoms with Crippen molar-refractivity contribution in [1.82, 2.24) is 9.88 Å². The molecule has 2 aromatic rings. The minimum Gasteiger partial charge on any atom is -0.339 e. The fourth-order valence-corrected chi connectivity index (χ4v) is 2.24. The van der Waals surface area contributed by atoms with Crippen molar-refractivity contribution in [2.45, 2.75) is 46.3 Å². The van der Waals surface area contributed by atoms with Crippen molar-refractivity contribution in [3.8, 4) is 0 Å². The molecule has 0 saturated heterocycles. The number of hydrogen-bond acceptors (Lipinski definition) is 1. The second-order valence-corrected chi connectivity index (χ2v) is 5.42. The molecule has 0 aliphatic heterocycles. The van der Waals surface area contributed by atoms with E-state index < -0.39 is 0 Å². The minimum atomic E-state index is 0.501. The van der Waals surface area contributed by atoms with Crippen LogP contribution in [-0.4, -0.2) is 10.6 Å². The van der Waals surface area contributed by atoms with Crippen LogP contribution in [0.5, 0.6) is 0 Å². The second-order valence-electron chi connectivity index (χ2n) is 5.42. The van der Waals surface area contributed by atoms with E-state index in [0.717, 1.165) is 19.5 Å². The Hall–Kier alpha value is -1.54. The number of rotatable bonds is 6. The van der Waals surface area contributed by atoms with Gasteiger partial charge in [-0.3, -0.25) is 0 Å². The molecule has 19 heavy (non-hydrogen) atoms. The molecule has 2 rings (SSSR count). The van der Waals surface area contributed by atoms with Gasteiger partial charge in [0.05, 0.1) is 0 Å². The zero-order valence-corrected chi connectivity index (χ0v) is 12.2. The number of allylic oxidation sites excluding steroid dienone is 1. The van der Waals surface area contributed by atoms with Crippen molar-refractivity contribution in [2.75, 3.05) is 0 Å². The molecule has 1 aromatic carbocycles. The van der Waals surface area contributed by atoms with Crippen LogP contribution in [0.25, 0.3) is 10.9 Å². The predicted molar refractivity (Wildman–Crippen MR) is 83.3 cm³/mol. The van der Waals surface area contributed by atoms with Gasteiger partial charge in [-0.25, -0.2) is 0 Å². The second kappa shape index (κ2) is 6.07. The molecule has 1 N–H and O–H groups in total. The Morgan fingerprint density at radius 3 is 2.74 bits per heavy atom. The topological polar surface area (TPSA) is 17.0 Å². The third-order valence-corrected chi connectivity index (χ3v) is 3.47. The van der Waals surface area contributed by atoms with Crippen LogP contribution in [0, 0.1) is 0 Å². The highest BCUT2D eigenvalue weighted by Gasteiger charge is 2.09. The number of benzene rings is 1. The summed E-state index contributed by atoms with van der Waals surface area (Å²) in [6, 6.07) is 11.4. The SMILES string of the molecule is C=C(CC)Cn1c(CNC(C)C)cc2ccccc21. The fraction of sp³-hybridized carbons (Fsp3) is 0.412. The summed E-state index contributed by atoms with van der Waals surface area (Å²) in [6.07, 6.45) is 1.03. The van der Waals surface area contributed by atoms with E-state index in [1.165, 1.54) is 22.2 Å². The molecule has 1 aromatic heterocycles. The zero-order chi connectivity index (χ0) is 13.8. The van der Waals surface area contributed by atoms with Gasteiger partial charge in [0.2, 0.25) is 0 Å². The Kier molecular flexibility index (Phi) is 4.43. The maximum absolute atomic E-state index is 4.15. The fourth-order valence-electron chi connectivity index (χ4n) is 2.24. The van der Waals surface area contributed by atoms with Crippen LogP contribution in [0.3, 0.4) is 0 Å². The molecule has 1 heterocycles. The lowest BCUT2D eigenvalue weighted by atomic mass is 10.2. The molecule has 2 heteroatoms. The summed E-state index contributed by atoms with van der Waals surface area (Å²) in [5.41, 5.74) is 3.91. The summed E-state index contributed by atoms with van der Waals surface area (Å²) in [6.45, 7) is 12.5. The van der Waals surface area contributed by atoms with Crippen LogP contribution in [0.15, 0.2) is 42.5 Å². The molecule has 0 atom stereocenters. The standard InChI is InChI=1S/C17H24N2/c1-5-14(4)12-19-16(11-18-13(2)3)10-15-8-6-7-9-17(15)19/h6-10,13,18H,4-5,11-12H2,1-3H3.